The van der Waals surface area contributed by atoms with Crippen molar-refractivity contribution in [3.63, 3.8) is 0 Å². The molecule has 0 aliphatic rings. The van der Waals surface area contributed by atoms with Gasteiger partial charge in [0.15, 0.2) is 16.3 Å². The average Bonchev–Trinajstić information content (AvgIpc) is 3.24. The fourth-order valence-electron chi connectivity index (χ4n) is 2.98. The summed E-state index contributed by atoms with van der Waals surface area (Å²) in [6, 6.07) is 5.55. The van der Waals surface area contributed by atoms with E-state index in [4.69, 9.17) is 14.2 Å². The number of hydrogen-bond donors (Lipinski definition) is 0. The number of methoxy groups -OCH3 is 3. The molecule has 0 bridgehead atoms. The van der Waals surface area contributed by atoms with Crippen LogP contribution in [-0.2, 0) is 17.8 Å². The van der Waals surface area contributed by atoms with Crippen molar-refractivity contribution in [2.45, 2.75) is 26.9 Å². The number of fused-ring (bicyclic) bond motifs is 1. The van der Waals surface area contributed by atoms with Gasteiger partial charge in [-0.05, 0) is 19.9 Å². The zero-order valence-corrected chi connectivity index (χ0v) is 17.5. The molecule has 0 aliphatic carbocycles. The normalized spacial score (nSPS) is 12.0. The van der Waals surface area contributed by atoms with Crippen molar-refractivity contribution in [2.75, 3.05) is 27.9 Å². The molecule has 1 aromatic carbocycles. The fourth-order valence-corrected chi connectivity index (χ4v) is 4.05. The van der Waals surface area contributed by atoms with Crippen LogP contribution in [0.15, 0.2) is 23.2 Å². The van der Waals surface area contributed by atoms with E-state index in [9.17, 15) is 4.79 Å². The Morgan fingerprint density at radius 1 is 1.18 bits per heavy atom. The Morgan fingerprint density at radius 3 is 2.54 bits per heavy atom. The number of aryl methyl sites for hydroxylation is 2. The van der Waals surface area contributed by atoms with Gasteiger partial charge in [0.1, 0.15) is 5.69 Å². The minimum atomic E-state index is -0.320. The summed E-state index contributed by atoms with van der Waals surface area (Å²) in [6.07, 6.45) is 0. The number of rotatable bonds is 7. The Bertz CT molecular complexity index is 1060. The lowest BCUT2D eigenvalue weighted by Crippen LogP contribution is -2.20. The highest BCUT2D eigenvalue weighted by Gasteiger charge is 2.16. The van der Waals surface area contributed by atoms with Gasteiger partial charge in [-0.15, -0.1) is 0 Å². The molecule has 9 heteroatoms. The first kappa shape index (κ1) is 20.1. The predicted octanol–water partition coefficient (Wildman–Crippen LogP) is 2.63. The summed E-state index contributed by atoms with van der Waals surface area (Å²) < 4.78 is 20.6. The summed E-state index contributed by atoms with van der Waals surface area (Å²) in [5.41, 5.74) is 2.18. The lowest BCUT2D eigenvalue weighted by atomic mass is 10.3. The second kappa shape index (κ2) is 8.57. The molecule has 0 spiro atoms. The highest BCUT2D eigenvalue weighted by Crippen LogP contribution is 2.33. The molecule has 0 saturated carbocycles. The number of carbonyl (C=O) groups excluding carboxylic acids is 1. The summed E-state index contributed by atoms with van der Waals surface area (Å²) in [4.78, 5) is 17.8. The molecule has 0 fully saturated rings. The summed E-state index contributed by atoms with van der Waals surface area (Å²) in [5, 5.41) is 4.33. The standard InChI is InChI=1S/C19H24N4O4S/c1-6-23-14(9-12(2)21-23)18(24)20-19-22(7-8-25-3)13-10-15(26-4)16(27-5)11-17(13)28-19/h9-11H,6-8H2,1-5H3. The van der Waals surface area contributed by atoms with Crippen molar-refractivity contribution in [1.82, 2.24) is 14.3 Å². The molecule has 2 aromatic heterocycles. The molecule has 150 valence electrons. The van der Waals surface area contributed by atoms with Gasteiger partial charge in [0.2, 0.25) is 0 Å². The van der Waals surface area contributed by atoms with Crippen LogP contribution in [0.4, 0.5) is 0 Å². The number of hydrogen-bond acceptors (Lipinski definition) is 6. The van der Waals surface area contributed by atoms with E-state index >= 15 is 0 Å². The van der Waals surface area contributed by atoms with Crippen LogP contribution in [0.2, 0.25) is 0 Å². The number of thiazole rings is 1. The second-order valence-corrected chi connectivity index (χ2v) is 7.12. The van der Waals surface area contributed by atoms with E-state index in [1.165, 1.54) is 11.3 Å². The van der Waals surface area contributed by atoms with Crippen LogP contribution in [0.3, 0.4) is 0 Å². The third kappa shape index (κ3) is 3.81. The first-order valence-electron chi connectivity index (χ1n) is 8.90. The third-order valence-electron chi connectivity index (χ3n) is 4.33. The van der Waals surface area contributed by atoms with Gasteiger partial charge in [-0.2, -0.15) is 10.1 Å². The summed E-state index contributed by atoms with van der Waals surface area (Å²) in [6.45, 7) is 5.46. The molecule has 0 aliphatic heterocycles. The maximum Gasteiger partial charge on any atom is 0.297 e. The highest BCUT2D eigenvalue weighted by atomic mass is 32.1. The summed E-state index contributed by atoms with van der Waals surface area (Å²) >= 11 is 1.42. The molecule has 2 heterocycles. The Morgan fingerprint density at radius 2 is 1.89 bits per heavy atom. The molecule has 0 radical (unpaired) electrons. The second-order valence-electron chi connectivity index (χ2n) is 6.11. The maximum absolute atomic E-state index is 12.8. The van der Waals surface area contributed by atoms with E-state index in [0.29, 0.717) is 41.7 Å². The minimum absolute atomic E-state index is 0.320. The monoisotopic (exact) mass is 404 g/mol. The maximum atomic E-state index is 12.8. The van der Waals surface area contributed by atoms with Crippen LogP contribution >= 0.6 is 11.3 Å². The Hall–Kier alpha value is -2.65. The van der Waals surface area contributed by atoms with Crippen molar-refractivity contribution in [1.29, 1.82) is 0 Å². The van der Waals surface area contributed by atoms with Gasteiger partial charge in [0.25, 0.3) is 5.91 Å². The zero-order chi connectivity index (χ0) is 20.3. The third-order valence-corrected chi connectivity index (χ3v) is 5.37. The quantitative estimate of drug-likeness (QED) is 0.605. The zero-order valence-electron chi connectivity index (χ0n) is 16.7. The van der Waals surface area contributed by atoms with Crippen LogP contribution in [0, 0.1) is 6.92 Å². The van der Waals surface area contributed by atoms with Crippen LogP contribution in [0.1, 0.15) is 23.1 Å². The number of ether oxygens (including phenoxy) is 3. The molecule has 3 aromatic rings. The smallest absolute Gasteiger partial charge is 0.297 e. The Balaban J connectivity index is 2.17. The first-order chi connectivity index (χ1) is 13.5. The Kier molecular flexibility index (Phi) is 6.15. The van der Waals surface area contributed by atoms with Crippen molar-refractivity contribution in [2.24, 2.45) is 4.99 Å². The lowest BCUT2D eigenvalue weighted by molar-refractivity contribution is 0.0987. The van der Waals surface area contributed by atoms with Gasteiger partial charge in [0, 0.05) is 32.3 Å². The van der Waals surface area contributed by atoms with Gasteiger partial charge in [-0.3, -0.25) is 9.48 Å². The van der Waals surface area contributed by atoms with E-state index in [0.717, 1.165) is 15.9 Å². The van der Waals surface area contributed by atoms with E-state index in [1.54, 1.807) is 32.1 Å². The molecular weight excluding hydrogens is 380 g/mol. The molecular formula is C19H24N4O4S. The molecule has 0 N–H and O–H groups in total. The number of amides is 1. The number of aromatic nitrogens is 3. The Labute approximate surface area is 167 Å². The molecule has 0 unspecified atom stereocenters. The molecule has 0 atom stereocenters. The topological polar surface area (TPSA) is 79.9 Å². The van der Waals surface area contributed by atoms with Crippen LogP contribution in [0.5, 0.6) is 11.5 Å². The average molecular weight is 404 g/mol. The molecule has 3 rings (SSSR count). The number of benzene rings is 1. The minimum Gasteiger partial charge on any atom is -0.493 e. The van der Waals surface area contributed by atoms with Gasteiger partial charge < -0.3 is 18.8 Å². The van der Waals surface area contributed by atoms with Crippen molar-refractivity contribution >= 4 is 27.5 Å². The molecule has 28 heavy (non-hydrogen) atoms. The van der Waals surface area contributed by atoms with Gasteiger partial charge in [-0.25, -0.2) is 0 Å². The summed E-state index contributed by atoms with van der Waals surface area (Å²) in [5.74, 6) is 0.934. The molecule has 8 nitrogen and oxygen atoms in total. The van der Waals surface area contributed by atoms with Crippen LogP contribution < -0.4 is 14.3 Å². The molecule has 0 saturated heterocycles. The van der Waals surface area contributed by atoms with E-state index < -0.39 is 0 Å². The SMILES string of the molecule is CCn1nc(C)cc1C(=O)N=c1sc2cc(OC)c(OC)cc2n1CCOC. The van der Waals surface area contributed by atoms with Gasteiger partial charge >= 0.3 is 0 Å². The van der Waals surface area contributed by atoms with Crippen LogP contribution in [-0.4, -0.2) is 48.2 Å². The fraction of sp³-hybridized carbons (Fsp3) is 0.421. The van der Waals surface area contributed by atoms with E-state index in [-0.39, 0.29) is 5.91 Å². The van der Waals surface area contributed by atoms with Crippen molar-refractivity contribution < 1.29 is 19.0 Å². The van der Waals surface area contributed by atoms with E-state index in [1.807, 2.05) is 30.5 Å². The van der Waals surface area contributed by atoms with Gasteiger partial charge in [0.05, 0.1) is 36.7 Å². The molecule has 1 amide bonds. The van der Waals surface area contributed by atoms with Crippen molar-refractivity contribution in [3.05, 3.63) is 34.4 Å². The first-order valence-corrected chi connectivity index (χ1v) is 9.71. The lowest BCUT2D eigenvalue weighted by Gasteiger charge is -2.09. The van der Waals surface area contributed by atoms with Crippen LogP contribution in [0.25, 0.3) is 10.2 Å². The predicted molar refractivity (Wildman–Crippen MR) is 107 cm³/mol. The highest BCUT2D eigenvalue weighted by molar-refractivity contribution is 7.16. The number of carbonyl (C=O) groups is 1. The number of nitrogens with zero attached hydrogens (tertiary/aromatic N) is 4. The van der Waals surface area contributed by atoms with Gasteiger partial charge in [-0.1, -0.05) is 11.3 Å². The van der Waals surface area contributed by atoms with Crippen molar-refractivity contribution in [3.8, 4) is 11.5 Å². The van der Waals surface area contributed by atoms with E-state index in [2.05, 4.69) is 10.1 Å². The summed E-state index contributed by atoms with van der Waals surface area (Å²) in [7, 11) is 4.83. The largest absolute Gasteiger partial charge is 0.493 e.